The summed E-state index contributed by atoms with van der Waals surface area (Å²) >= 11 is 6.06. The summed E-state index contributed by atoms with van der Waals surface area (Å²) < 4.78 is 5.80. The number of ether oxygens (including phenoxy) is 1. The van der Waals surface area contributed by atoms with Gasteiger partial charge in [-0.2, -0.15) is 0 Å². The molecule has 0 aliphatic rings. The maximum atomic E-state index is 12.9. The molecule has 160 valence electrons. The van der Waals surface area contributed by atoms with E-state index in [4.69, 9.17) is 16.3 Å². The molecule has 1 atom stereocenters. The van der Waals surface area contributed by atoms with Gasteiger partial charge in [0.1, 0.15) is 5.56 Å². The average Bonchev–Trinajstić information content (AvgIpc) is 2.76. The van der Waals surface area contributed by atoms with E-state index in [9.17, 15) is 14.7 Å². The number of aromatic nitrogens is 1. The lowest BCUT2D eigenvalue weighted by Crippen LogP contribution is -2.27. The maximum Gasteiger partial charge on any atom is 0.335 e. The van der Waals surface area contributed by atoms with E-state index in [1.807, 2.05) is 31.2 Å². The molecule has 0 fully saturated rings. The molecule has 0 aliphatic carbocycles. The van der Waals surface area contributed by atoms with Crippen molar-refractivity contribution in [3.63, 3.8) is 0 Å². The predicted octanol–water partition coefficient (Wildman–Crippen LogP) is 4.85. The van der Waals surface area contributed by atoms with Gasteiger partial charge in [0.05, 0.1) is 23.2 Å². The van der Waals surface area contributed by atoms with Gasteiger partial charge in [-0.15, -0.1) is 0 Å². The van der Waals surface area contributed by atoms with Gasteiger partial charge in [-0.3, -0.25) is 4.79 Å². The van der Waals surface area contributed by atoms with Crippen LogP contribution in [0.5, 0.6) is 5.88 Å². The monoisotopic (exact) mass is 438 g/mol. The van der Waals surface area contributed by atoms with Crippen LogP contribution in [0.1, 0.15) is 50.4 Å². The van der Waals surface area contributed by atoms with Gasteiger partial charge < -0.3 is 15.2 Å². The summed E-state index contributed by atoms with van der Waals surface area (Å²) in [7, 11) is 0. The SMILES string of the molecule is Cc1ccccc1CCOc1ncc(Cl)cc1C(=O)N[C@@H](C)c1cccc(C(=O)O)c1. The molecule has 0 unspecified atom stereocenters. The van der Waals surface area contributed by atoms with Crippen molar-refractivity contribution < 1.29 is 19.4 Å². The summed E-state index contributed by atoms with van der Waals surface area (Å²) in [4.78, 5) is 28.3. The predicted molar refractivity (Wildman–Crippen MR) is 119 cm³/mol. The fourth-order valence-electron chi connectivity index (χ4n) is 3.15. The highest BCUT2D eigenvalue weighted by Gasteiger charge is 2.18. The number of aromatic carboxylic acids is 1. The van der Waals surface area contributed by atoms with Crippen molar-refractivity contribution >= 4 is 23.5 Å². The van der Waals surface area contributed by atoms with Crippen LogP contribution in [0, 0.1) is 6.92 Å². The highest BCUT2D eigenvalue weighted by atomic mass is 35.5. The zero-order valence-electron chi connectivity index (χ0n) is 17.3. The highest BCUT2D eigenvalue weighted by Crippen LogP contribution is 2.22. The number of halogens is 1. The third kappa shape index (κ3) is 5.83. The van der Waals surface area contributed by atoms with Crippen molar-refractivity contribution in [3.8, 4) is 5.88 Å². The van der Waals surface area contributed by atoms with Gasteiger partial charge >= 0.3 is 5.97 Å². The van der Waals surface area contributed by atoms with Crippen molar-refractivity contribution in [1.29, 1.82) is 0 Å². The van der Waals surface area contributed by atoms with Crippen LogP contribution in [-0.2, 0) is 6.42 Å². The van der Waals surface area contributed by atoms with E-state index in [1.54, 1.807) is 19.1 Å². The lowest BCUT2D eigenvalue weighted by Gasteiger charge is -2.16. The van der Waals surface area contributed by atoms with Crippen LogP contribution in [0.2, 0.25) is 5.02 Å². The third-order valence-electron chi connectivity index (χ3n) is 4.92. The first-order valence-corrected chi connectivity index (χ1v) is 10.2. The molecule has 2 aromatic carbocycles. The molecule has 0 bridgehead atoms. The van der Waals surface area contributed by atoms with Gasteiger partial charge in [0.15, 0.2) is 0 Å². The average molecular weight is 439 g/mol. The molecule has 0 aliphatic heterocycles. The summed E-state index contributed by atoms with van der Waals surface area (Å²) in [6.07, 6.45) is 2.11. The molecule has 1 heterocycles. The number of hydrogen-bond donors (Lipinski definition) is 2. The van der Waals surface area contributed by atoms with Crippen LogP contribution in [0.4, 0.5) is 0 Å². The smallest absolute Gasteiger partial charge is 0.335 e. The number of hydrogen-bond acceptors (Lipinski definition) is 4. The van der Waals surface area contributed by atoms with Crippen molar-refractivity contribution in [3.05, 3.63) is 93.6 Å². The number of carbonyl (C=O) groups excluding carboxylic acids is 1. The molecule has 0 spiro atoms. The summed E-state index contributed by atoms with van der Waals surface area (Å²) in [5, 5.41) is 12.3. The van der Waals surface area contributed by atoms with Crippen LogP contribution in [0.25, 0.3) is 0 Å². The normalized spacial score (nSPS) is 11.6. The quantitative estimate of drug-likeness (QED) is 0.524. The molecule has 0 saturated carbocycles. The lowest BCUT2D eigenvalue weighted by atomic mass is 10.0. The van der Waals surface area contributed by atoms with Crippen LogP contribution in [0.3, 0.4) is 0 Å². The minimum absolute atomic E-state index is 0.156. The number of carbonyl (C=O) groups is 2. The minimum atomic E-state index is -1.02. The molecule has 1 amide bonds. The maximum absolute atomic E-state index is 12.9. The lowest BCUT2D eigenvalue weighted by molar-refractivity contribution is 0.0696. The van der Waals surface area contributed by atoms with E-state index < -0.39 is 17.9 Å². The molecule has 6 nitrogen and oxygen atoms in total. The Morgan fingerprint density at radius 1 is 1.16 bits per heavy atom. The molecule has 1 aromatic heterocycles. The number of pyridine rings is 1. The number of nitrogens with zero attached hydrogens (tertiary/aromatic N) is 1. The van der Waals surface area contributed by atoms with E-state index in [2.05, 4.69) is 10.3 Å². The molecular weight excluding hydrogens is 416 g/mol. The number of nitrogens with one attached hydrogen (secondary N) is 1. The molecule has 2 N–H and O–H groups in total. The largest absolute Gasteiger partial charge is 0.478 e. The summed E-state index contributed by atoms with van der Waals surface area (Å²) in [6.45, 7) is 4.17. The second-order valence-corrected chi connectivity index (χ2v) is 7.59. The number of aryl methyl sites for hydroxylation is 1. The molecule has 0 radical (unpaired) electrons. The van der Waals surface area contributed by atoms with Gasteiger partial charge in [-0.25, -0.2) is 9.78 Å². The number of amides is 1. The van der Waals surface area contributed by atoms with Crippen molar-refractivity contribution in [1.82, 2.24) is 10.3 Å². The second kappa shape index (κ2) is 10.1. The molecule has 0 saturated heterocycles. The van der Waals surface area contributed by atoms with E-state index in [-0.39, 0.29) is 17.0 Å². The second-order valence-electron chi connectivity index (χ2n) is 7.16. The minimum Gasteiger partial charge on any atom is -0.478 e. The Hall–Kier alpha value is -3.38. The zero-order valence-corrected chi connectivity index (χ0v) is 18.0. The van der Waals surface area contributed by atoms with Crippen molar-refractivity contribution in [2.24, 2.45) is 0 Å². The third-order valence-corrected chi connectivity index (χ3v) is 5.12. The van der Waals surface area contributed by atoms with E-state index in [0.29, 0.717) is 23.6 Å². The van der Waals surface area contributed by atoms with E-state index >= 15 is 0 Å². The molecule has 3 rings (SSSR count). The Morgan fingerprint density at radius 2 is 1.94 bits per heavy atom. The number of rotatable bonds is 8. The van der Waals surface area contributed by atoms with Gasteiger partial charge in [-0.05, 0) is 48.7 Å². The fraction of sp³-hybridized carbons (Fsp3) is 0.208. The van der Waals surface area contributed by atoms with Crippen LogP contribution in [-0.4, -0.2) is 28.6 Å². The Kier molecular flexibility index (Phi) is 7.26. The van der Waals surface area contributed by atoms with Crippen LogP contribution >= 0.6 is 11.6 Å². The summed E-state index contributed by atoms with van der Waals surface area (Å²) in [5.41, 5.74) is 3.38. The Bertz CT molecular complexity index is 1100. The molecule has 7 heteroatoms. The fourth-order valence-corrected chi connectivity index (χ4v) is 3.31. The molecular formula is C24H23ClN2O4. The summed E-state index contributed by atoms with van der Waals surface area (Å²) in [6, 6.07) is 15.5. The Balaban J connectivity index is 1.71. The first kappa shape index (κ1) is 22.3. The van der Waals surface area contributed by atoms with Crippen molar-refractivity contribution in [2.75, 3.05) is 6.61 Å². The van der Waals surface area contributed by atoms with Gasteiger partial charge in [0.25, 0.3) is 5.91 Å². The summed E-state index contributed by atoms with van der Waals surface area (Å²) in [5.74, 6) is -1.24. The number of carboxylic acids is 1. The first-order chi connectivity index (χ1) is 14.8. The van der Waals surface area contributed by atoms with Crippen LogP contribution in [0.15, 0.2) is 60.8 Å². The van der Waals surface area contributed by atoms with Gasteiger partial charge in [-0.1, -0.05) is 48.0 Å². The topological polar surface area (TPSA) is 88.5 Å². The van der Waals surface area contributed by atoms with Crippen molar-refractivity contribution in [2.45, 2.75) is 26.3 Å². The standard InChI is InChI=1S/C24H23ClN2O4/c1-15-6-3-4-7-17(15)10-11-31-23-21(13-20(25)14-26-23)22(28)27-16(2)18-8-5-9-19(12-18)24(29)30/h3-9,12-14,16H,10-11H2,1-2H3,(H,27,28)(H,29,30)/t16-/m0/s1. The number of benzene rings is 2. The first-order valence-electron chi connectivity index (χ1n) is 9.82. The Labute approximate surface area is 185 Å². The van der Waals surface area contributed by atoms with E-state index in [0.717, 1.165) is 5.56 Å². The molecule has 31 heavy (non-hydrogen) atoms. The van der Waals surface area contributed by atoms with Crippen LogP contribution < -0.4 is 10.1 Å². The zero-order chi connectivity index (χ0) is 22.4. The Morgan fingerprint density at radius 3 is 2.68 bits per heavy atom. The highest BCUT2D eigenvalue weighted by molar-refractivity contribution is 6.30. The van der Waals surface area contributed by atoms with Gasteiger partial charge in [0, 0.05) is 12.6 Å². The number of carboxylic acid groups (broad SMARTS) is 1. The van der Waals surface area contributed by atoms with Gasteiger partial charge in [0.2, 0.25) is 5.88 Å². The molecule has 3 aromatic rings. The van der Waals surface area contributed by atoms with E-state index in [1.165, 1.54) is 30.0 Å².